The van der Waals surface area contributed by atoms with Gasteiger partial charge in [0.1, 0.15) is 11.5 Å². The Labute approximate surface area is 113 Å². The van der Waals surface area contributed by atoms with Gasteiger partial charge in [-0.1, -0.05) is 6.92 Å². The highest BCUT2D eigenvalue weighted by atomic mass is 16.2. The minimum Gasteiger partial charge on any atom is -0.382 e. The summed E-state index contributed by atoms with van der Waals surface area (Å²) in [5.41, 5.74) is 5.83. The number of hydrogen-bond donors (Lipinski definition) is 1. The van der Waals surface area contributed by atoms with Gasteiger partial charge in [-0.2, -0.15) is 0 Å². The number of aromatic nitrogens is 2. The number of nitrogens with zero attached hydrogens (tertiary/aromatic N) is 4. The van der Waals surface area contributed by atoms with Gasteiger partial charge in [-0.15, -0.1) is 0 Å². The lowest BCUT2D eigenvalue weighted by Gasteiger charge is -2.37. The van der Waals surface area contributed by atoms with Crippen molar-refractivity contribution in [1.82, 2.24) is 19.8 Å². The number of nitrogens with two attached hydrogens (primary N) is 1. The molecular formula is C13H21N5O. The lowest BCUT2D eigenvalue weighted by Crippen LogP contribution is -2.51. The van der Waals surface area contributed by atoms with Crippen LogP contribution in [0.2, 0.25) is 0 Å². The second-order valence-corrected chi connectivity index (χ2v) is 4.91. The summed E-state index contributed by atoms with van der Waals surface area (Å²) in [4.78, 5) is 24.4. The van der Waals surface area contributed by atoms with Crippen LogP contribution in [0.3, 0.4) is 0 Å². The van der Waals surface area contributed by atoms with E-state index < -0.39 is 0 Å². The molecule has 104 valence electrons. The Balaban J connectivity index is 1.94. The standard InChI is InChI=1S/C13H21N5O/c1-3-10(2)17-4-6-18(7-5-17)13(19)11-8-16-12(14)9-15-11/h8-10H,3-7H2,1-2H3,(H2,14,16). The maximum Gasteiger partial charge on any atom is 0.274 e. The maximum absolute atomic E-state index is 12.2. The fraction of sp³-hybridized carbons (Fsp3) is 0.615. The summed E-state index contributed by atoms with van der Waals surface area (Å²) < 4.78 is 0. The SMILES string of the molecule is CCC(C)N1CCN(C(=O)c2cnc(N)cn2)CC1. The van der Waals surface area contributed by atoms with Crippen LogP contribution in [0.5, 0.6) is 0 Å². The minimum absolute atomic E-state index is 0.0590. The number of hydrogen-bond acceptors (Lipinski definition) is 5. The first-order valence-electron chi connectivity index (χ1n) is 6.72. The molecule has 2 N–H and O–H groups in total. The number of carbonyl (C=O) groups excluding carboxylic acids is 1. The molecule has 1 aromatic rings. The molecule has 0 spiro atoms. The van der Waals surface area contributed by atoms with Crippen LogP contribution in [0, 0.1) is 0 Å². The minimum atomic E-state index is -0.0590. The van der Waals surface area contributed by atoms with Crippen LogP contribution < -0.4 is 5.73 Å². The smallest absolute Gasteiger partial charge is 0.274 e. The fourth-order valence-electron chi connectivity index (χ4n) is 2.23. The number of carbonyl (C=O) groups is 1. The molecule has 1 amide bonds. The number of rotatable bonds is 3. The van der Waals surface area contributed by atoms with E-state index >= 15 is 0 Å². The third kappa shape index (κ3) is 3.20. The van der Waals surface area contributed by atoms with E-state index in [9.17, 15) is 4.79 Å². The number of piperazine rings is 1. The van der Waals surface area contributed by atoms with E-state index in [1.165, 1.54) is 12.4 Å². The first kappa shape index (κ1) is 13.7. The van der Waals surface area contributed by atoms with Crippen LogP contribution >= 0.6 is 0 Å². The number of anilines is 1. The molecule has 1 aromatic heterocycles. The summed E-state index contributed by atoms with van der Waals surface area (Å²) in [7, 11) is 0. The lowest BCUT2D eigenvalue weighted by molar-refractivity contribution is 0.0574. The van der Waals surface area contributed by atoms with Crippen LogP contribution in [0.1, 0.15) is 30.8 Å². The Bertz CT molecular complexity index is 425. The highest BCUT2D eigenvalue weighted by molar-refractivity contribution is 5.92. The first-order valence-corrected chi connectivity index (χ1v) is 6.72. The maximum atomic E-state index is 12.2. The van der Waals surface area contributed by atoms with Gasteiger partial charge in [0.15, 0.2) is 0 Å². The summed E-state index contributed by atoms with van der Waals surface area (Å²) in [5.74, 6) is 0.273. The molecule has 0 bridgehead atoms. The van der Waals surface area contributed by atoms with E-state index in [1.54, 1.807) is 0 Å². The predicted octanol–water partition coefficient (Wildman–Crippen LogP) is 0.615. The van der Waals surface area contributed by atoms with Crippen molar-refractivity contribution >= 4 is 11.7 Å². The molecule has 1 fully saturated rings. The quantitative estimate of drug-likeness (QED) is 0.865. The Morgan fingerprint density at radius 3 is 2.53 bits per heavy atom. The van der Waals surface area contributed by atoms with E-state index in [0.717, 1.165) is 32.6 Å². The average Bonchev–Trinajstić information content (AvgIpc) is 2.46. The van der Waals surface area contributed by atoms with Gasteiger partial charge in [-0.25, -0.2) is 9.97 Å². The third-order valence-corrected chi connectivity index (χ3v) is 3.71. The molecule has 6 nitrogen and oxygen atoms in total. The summed E-state index contributed by atoms with van der Waals surface area (Å²) in [6.45, 7) is 7.74. The van der Waals surface area contributed by atoms with Gasteiger partial charge in [0.25, 0.3) is 5.91 Å². The molecule has 0 aromatic carbocycles. The Hall–Kier alpha value is -1.69. The summed E-state index contributed by atoms with van der Waals surface area (Å²) in [5, 5.41) is 0. The van der Waals surface area contributed by atoms with Crippen molar-refractivity contribution in [1.29, 1.82) is 0 Å². The Morgan fingerprint density at radius 1 is 1.32 bits per heavy atom. The van der Waals surface area contributed by atoms with E-state index in [-0.39, 0.29) is 5.91 Å². The Morgan fingerprint density at radius 2 is 2.00 bits per heavy atom. The summed E-state index contributed by atoms with van der Waals surface area (Å²) in [6.07, 6.45) is 4.00. The molecule has 1 atom stereocenters. The van der Waals surface area contributed by atoms with Gasteiger partial charge in [-0.05, 0) is 13.3 Å². The fourth-order valence-corrected chi connectivity index (χ4v) is 2.23. The molecule has 1 saturated heterocycles. The van der Waals surface area contributed by atoms with Gasteiger partial charge in [0.05, 0.1) is 12.4 Å². The van der Waals surface area contributed by atoms with Crippen molar-refractivity contribution in [2.75, 3.05) is 31.9 Å². The zero-order valence-corrected chi connectivity index (χ0v) is 11.5. The molecule has 0 radical (unpaired) electrons. The van der Waals surface area contributed by atoms with E-state index in [1.807, 2.05) is 4.90 Å². The highest BCUT2D eigenvalue weighted by Crippen LogP contribution is 2.11. The second-order valence-electron chi connectivity index (χ2n) is 4.91. The zero-order chi connectivity index (χ0) is 13.8. The van der Waals surface area contributed by atoms with Gasteiger partial charge >= 0.3 is 0 Å². The molecule has 2 rings (SSSR count). The van der Waals surface area contributed by atoms with Crippen molar-refractivity contribution in [3.05, 3.63) is 18.1 Å². The molecule has 19 heavy (non-hydrogen) atoms. The van der Waals surface area contributed by atoms with Crippen LogP contribution in [0.4, 0.5) is 5.82 Å². The average molecular weight is 263 g/mol. The van der Waals surface area contributed by atoms with Gasteiger partial charge in [0.2, 0.25) is 0 Å². The van der Waals surface area contributed by atoms with E-state index in [2.05, 4.69) is 28.7 Å². The molecule has 2 heterocycles. The van der Waals surface area contributed by atoms with Crippen LogP contribution in [-0.4, -0.2) is 57.9 Å². The highest BCUT2D eigenvalue weighted by Gasteiger charge is 2.24. The molecule has 1 aliphatic rings. The van der Waals surface area contributed by atoms with Crippen molar-refractivity contribution in [3.8, 4) is 0 Å². The first-order chi connectivity index (χ1) is 9.11. The second kappa shape index (κ2) is 5.97. The van der Waals surface area contributed by atoms with Crippen molar-refractivity contribution in [3.63, 3.8) is 0 Å². The van der Waals surface area contributed by atoms with Crippen molar-refractivity contribution in [2.24, 2.45) is 0 Å². The molecule has 0 aliphatic carbocycles. The van der Waals surface area contributed by atoms with Crippen molar-refractivity contribution < 1.29 is 4.79 Å². The Kier molecular flexibility index (Phi) is 4.31. The van der Waals surface area contributed by atoms with Crippen LogP contribution in [-0.2, 0) is 0 Å². The molecule has 1 unspecified atom stereocenters. The molecular weight excluding hydrogens is 242 g/mol. The number of nitrogen functional groups attached to an aromatic ring is 1. The van der Waals surface area contributed by atoms with E-state index in [4.69, 9.17) is 5.73 Å². The van der Waals surface area contributed by atoms with Gasteiger partial charge in [-0.3, -0.25) is 9.69 Å². The molecule has 0 saturated carbocycles. The lowest BCUT2D eigenvalue weighted by atomic mass is 10.2. The van der Waals surface area contributed by atoms with Gasteiger partial charge in [0, 0.05) is 32.2 Å². The normalized spacial score (nSPS) is 18.3. The largest absolute Gasteiger partial charge is 0.382 e. The predicted molar refractivity (Wildman–Crippen MR) is 73.7 cm³/mol. The summed E-state index contributed by atoms with van der Waals surface area (Å²) >= 11 is 0. The van der Waals surface area contributed by atoms with Crippen LogP contribution in [0.15, 0.2) is 12.4 Å². The third-order valence-electron chi connectivity index (χ3n) is 3.71. The van der Waals surface area contributed by atoms with Crippen LogP contribution in [0.25, 0.3) is 0 Å². The number of amides is 1. The van der Waals surface area contributed by atoms with Gasteiger partial charge < -0.3 is 10.6 Å². The topological polar surface area (TPSA) is 75.3 Å². The van der Waals surface area contributed by atoms with E-state index in [0.29, 0.717) is 17.6 Å². The monoisotopic (exact) mass is 263 g/mol. The zero-order valence-electron chi connectivity index (χ0n) is 11.5. The van der Waals surface area contributed by atoms with Crippen molar-refractivity contribution in [2.45, 2.75) is 26.3 Å². The molecule has 6 heteroatoms. The summed E-state index contributed by atoms with van der Waals surface area (Å²) in [6, 6.07) is 0.577. The molecule has 1 aliphatic heterocycles.